The highest BCUT2D eigenvalue weighted by Crippen LogP contribution is 2.18. The van der Waals surface area contributed by atoms with E-state index in [2.05, 4.69) is 28.4 Å². The molecule has 0 spiro atoms. The number of carbonyl (C=O) groups excluding carboxylic acids is 1. The number of fused-ring (bicyclic) bond motifs is 1. The minimum absolute atomic E-state index is 0.202. The molecule has 1 heterocycles. The zero-order chi connectivity index (χ0) is 13.0. The molecule has 1 aliphatic heterocycles. The van der Waals surface area contributed by atoms with Gasteiger partial charge in [-0.2, -0.15) is 0 Å². The second kappa shape index (κ2) is 5.84. The quantitative estimate of drug-likeness (QED) is 0.707. The van der Waals surface area contributed by atoms with E-state index < -0.39 is 12.1 Å². The Morgan fingerprint density at radius 2 is 2.17 bits per heavy atom. The summed E-state index contributed by atoms with van der Waals surface area (Å²) in [5.41, 5.74) is 7.67. The Hall–Kier alpha value is -1.59. The van der Waals surface area contributed by atoms with Crippen molar-refractivity contribution < 1.29 is 9.90 Å². The molecule has 0 saturated carbocycles. The first-order chi connectivity index (χ1) is 8.65. The lowest BCUT2D eigenvalue weighted by molar-refractivity contribution is 0.106. The van der Waals surface area contributed by atoms with Gasteiger partial charge in [-0.1, -0.05) is 24.3 Å². The van der Waals surface area contributed by atoms with Crippen molar-refractivity contribution in [2.24, 2.45) is 5.73 Å². The molecule has 2 amide bonds. The van der Waals surface area contributed by atoms with Gasteiger partial charge in [0.25, 0.3) is 0 Å². The molecule has 1 aliphatic rings. The summed E-state index contributed by atoms with van der Waals surface area (Å²) < 4.78 is 0. The number of nitrogens with zero attached hydrogens (tertiary/aromatic N) is 1. The third-order valence-electron chi connectivity index (χ3n) is 3.19. The van der Waals surface area contributed by atoms with Crippen LogP contribution in [0.1, 0.15) is 11.1 Å². The summed E-state index contributed by atoms with van der Waals surface area (Å²) in [6.07, 6.45) is 0.425. The lowest BCUT2D eigenvalue weighted by Gasteiger charge is -2.30. The van der Waals surface area contributed by atoms with E-state index in [0.29, 0.717) is 6.54 Å². The Bertz CT molecular complexity index is 422. The zero-order valence-corrected chi connectivity index (χ0v) is 10.3. The van der Waals surface area contributed by atoms with Crippen molar-refractivity contribution in [2.45, 2.75) is 19.1 Å². The number of hydrogen-bond donors (Lipinski definition) is 3. The SMILES string of the molecule is NC(=O)NC[C@H](O)CN1CCc2ccccc2C1. The van der Waals surface area contributed by atoms with Crippen molar-refractivity contribution in [3.63, 3.8) is 0 Å². The van der Waals surface area contributed by atoms with E-state index in [4.69, 9.17) is 5.73 Å². The van der Waals surface area contributed by atoms with Gasteiger partial charge in [-0.15, -0.1) is 0 Å². The minimum atomic E-state index is -0.599. The van der Waals surface area contributed by atoms with E-state index in [-0.39, 0.29) is 6.54 Å². The molecule has 1 aromatic rings. The van der Waals surface area contributed by atoms with Gasteiger partial charge in [-0.25, -0.2) is 4.79 Å². The highest BCUT2D eigenvalue weighted by molar-refractivity contribution is 5.71. The van der Waals surface area contributed by atoms with Crippen molar-refractivity contribution in [3.05, 3.63) is 35.4 Å². The number of nitrogens with one attached hydrogen (secondary N) is 1. The van der Waals surface area contributed by atoms with Gasteiger partial charge in [0.2, 0.25) is 0 Å². The second-order valence-corrected chi connectivity index (χ2v) is 4.65. The lowest BCUT2D eigenvalue weighted by Crippen LogP contribution is -2.43. The number of β-amino-alcohol motifs (C(OH)–C–C–N with tert-alkyl or cyclic N) is 1. The number of rotatable bonds is 4. The van der Waals surface area contributed by atoms with Gasteiger partial charge in [0.15, 0.2) is 0 Å². The number of hydrogen-bond acceptors (Lipinski definition) is 3. The van der Waals surface area contributed by atoms with Crippen LogP contribution in [0.25, 0.3) is 0 Å². The third-order valence-corrected chi connectivity index (χ3v) is 3.19. The number of amides is 2. The Labute approximate surface area is 107 Å². The third kappa shape index (κ3) is 3.45. The lowest BCUT2D eigenvalue weighted by atomic mass is 10.00. The van der Waals surface area contributed by atoms with Crippen molar-refractivity contribution in [2.75, 3.05) is 19.6 Å². The van der Waals surface area contributed by atoms with Gasteiger partial charge in [-0.05, 0) is 17.5 Å². The van der Waals surface area contributed by atoms with Crippen molar-refractivity contribution in [3.8, 4) is 0 Å². The molecular formula is C13H19N3O2. The van der Waals surface area contributed by atoms with E-state index in [1.54, 1.807) is 0 Å². The predicted octanol–water partition coefficient (Wildman–Crippen LogP) is 0.0739. The Morgan fingerprint density at radius 3 is 2.89 bits per heavy atom. The summed E-state index contributed by atoms with van der Waals surface area (Å²) in [7, 11) is 0. The summed E-state index contributed by atoms with van der Waals surface area (Å²) in [5.74, 6) is 0. The zero-order valence-electron chi connectivity index (χ0n) is 10.3. The summed E-state index contributed by atoms with van der Waals surface area (Å²) in [6, 6.07) is 7.76. The van der Waals surface area contributed by atoms with Crippen LogP contribution in [0.2, 0.25) is 0 Å². The molecule has 0 saturated heterocycles. The average Bonchev–Trinajstić information content (AvgIpc) is 2.36. The summed E-state index contributed by atoms with van der Waals surface area (Å²) in [5, 5.41) is 12.2. The monoisotopic (exact) mass is 249 g/mol. The van der Waals surface area contributed by atoms with Gasteiger partial charge < -0.3 is 16.2 Å². The molecule has 1 atom stereocenters. The number of urea groups is 1. The Balaban J connectivity index is 1.84. The Morgan fingerprint density at radius 1 is 1.44 bits per heavy atom. The topological polar surface area (TPSA) is 78.6 Å². The van der Waals surface area contributed by atoms with Crippen LogP contribution in [0.3, 0.4) is 0 Å². The molecule has 2 rings (SSSR count). The second-order valence-electron chi connectivity index (χ2n) is 4.65. The summed E-state index contributed by atoms with van der Waals surface area (Å²) >= 11 is 0. The predicted molar refractivity (Wildman–Crippen MR) is 69.0 cm³/mol. The average molecular weight is 249 g/mol. The first kappa shape index (κ1) is 12.9. The minimum Gasteiger partial charge on any atom is -0.390 e. The van der Waals surface area contributed by atoms with Crippen molar-refractivity contribution >= 4 is 6.03 Å². The van der Waals surface area contributed by atoms with Crippen LogP contribution in [-0.4, -0.2) is 41.8 Å². The molecular weight excluding hydrogens is 230 g/mol. The summed E-state index contributed by atoms with van der Waals surface area (Å²) in [4.78, 5) is 12.7. The molecule has 0 aromatic heterocycles. The maximum Gasteiger partial charge on any atom is 0.312 e. The maximum absolute atomic E-state index is 10.5. The van der Waals surface area contributed by atoms with E-state index in [9.17, 15) is 9.90 Å². The van der Waals surface area contributed by atoms with E-state index in [1.165, 1.54) is 11.1 Å². The van der Waals surface area contributed by atoms with Gasteiger partial charge in [-0.3, -0.25) is 4.90 Å². The van der Waals surface area contributed by atoms with E-state index >= 15 is 0 Å². The molecule has 5 heteroatoms. The Kier molecular flexibility index (Phi) is 4.17. The molecule has 0 bridgehead atoms. The van der Waals surface area contributed by atoms with Crippen LogP contribution in [0, 0.1) is 0 Å². The molecule has 5 nitrogen and oxygen atoms in total. The smallest absolute Gasteiger partial charge is 0.312 e. The number of benzene rings is 1. The highest BCUT2D eigenvalue weighted by Gasteiger charge is 2.18. The normalized spacial score (nSPS) is 16.9. The highest BCUT2D eigenvalue weighted by atomic mass is 16.3. The molecule has 98 valence electrons. The van der Waals surface area contributed by atoms with Gasteiger partial charge in [0.05, 0.1) is 6.10 Å². The largest absolute Gasteiger partial charge is 0.390 e. The number of aliphatic hydroxyl groups excluding tert-OH is 1. The number of aliphatic hydroxyl groups is 1. The van der Waals surface area contributed by atoms with Crippen LogP contribution in [0.4, 0.5) is 4.79 Å². The fraction of sp³-hybridized carbons (Fsp3) is 0.462. The first-order valence-corrected chi connectivity index (χ1v) is 6.15. The molecule has 1 aromatic carbocycles. The molecule has 18 heavy (non-hydrogen) atoms. The van der Waals surface area contributed by atoms with Crippen molar-refractivity contribution in [1.82, 2.24) is 10.2 Å². The van der Waals surface area contributed by atoms with Gasteiger partial charge >= 0.3 is 6.03 Å². The van der Waals surface area contributed by atoms with Gasteiger partial charge in [0, 0.05) is 26.2 Å². The van der Waals surface area contributed by atoms with Gasteiger partial charge in [0.1, 0.15) is 0 Å². The molecule has 0 radical (unpaired) electrons. The fourth-order valence-corrected chi connectivity index (χ4v) is 2.29. The molecule has 0 fully saturated rings. The van der Waals surface area contributed by atoms with Crippen LogP contribution in [0.15, 0.2) is 24.3 Å². The maximum atomic E-state index is 10.5. The standard InChI is InChI=1S/C13H19N3O2/c14-13(18)15-7-12(17)9-16-6-5-10-3-1-2-4-11(10)8-16/h1-4,12,17H,5-9H2,(H3,14,15,18)/t12-/m0/s1. The van der Waals surface area contributed by atoms with E-state index in [1.807, 2.05) is 6.07 Å². The van der Waals surface area contributed by atoms with Crippen LogP contribution in [0.5, 0.6) is 0 Å². The van der Waals surface area contributed by atoms with Crippen LogP contribution >= 0.6 is 0 Å². The number of nitrogens with two attached hydrogens (primary N) is 1. The number of carbonyl (C=O) groups is 1. The van der Waals surface area contributed by atoms with Crippen LogP contribution in [-0.2, 0) is 13.0 Å². The molecule has 4 N–H and O–H groups in total. The molecule has 0 unspecified atom stereocenters. The summed E-state index contributed by atoms with van der Waals surface area (Å²) in [6.45, 7) is 2.54. The van der Waals surface area contributed by atoms with E-state index in [0.717, 1.165) is 19.5 Å². The number of primary amides is 1. The van der Waals surface area contributed by atoms with Crippen molar-refractivity contribution in [1.29, 1.82) is 0 Å². The first-order valence-electron chi connectivity index (χ1n) is 6.15. The molecule has 0 aliphatic carbocycles. The van der Waals surface area contributed by atoms with Crippen LogP contribution < -0.4 is 11.1 Å². The fourth-order valence-electron chi connectivity index (χ4n) is 2.29.